The Labute approximate surface area is 125 Å². The van der Waals surface area contributed by atoms with Gasteiger partial charge in [0.05, 0.1) is 5.69 Å². The average Bonchev–Trinajstić information content (AvgIpc) is 2.41. The van der Waals surface area contributed by atoms with Gasteiger partial charge in [0, 0.05) is 16.1 Å². The smallest absolute Gasteiger partial charge is 0.248 e. The highest BCUT2D eigenvalue weighted by molar-refractivity contribution is 6.30. The zero-order chi connectivity index (χ0) is 14.5. The zero-order valence-electron chi connectivity index (χ0n) is 10.2. The summed E-state index contributed by atoms with van der Waals surface area (Å²) in [7, 11) is 0. The lowest BCUT2D eigenvalue weighted by Crippen LogP contribution is -2.09. The number of carbonyl (C=O) groups is 1. The molecule has 0 aliphatic carbocycles. The molecule has 2 aromatic carbocycles. The second-order valence-electron chi connectivity index (χ2n) is 4.00. The van der Waals surface area contributed by atoms with Crippen LogP contribution in [0.5, 0.6) is 0 Å². The van der Waals surface area contributed by atoms with Gasteiger partial charge >= 0.3 is 0 Å². The van der Waals surface area contributed by atoms with Crippen LogP contribution in [0.15, 0.2) is 48.5 Å². The summed E-state index contributed by atoms with van der Waals surface area (Å²) >= 11 is 11.4. The molecule has 0 aliphatic heterocycles. The van der Waals surface area contributed by atoms with E-state index in [1.807, 2.05) is 0 Å². The van der Waals surface area contributed by atoms with Crippen LogP contribution in [-0.4, -0.2) is 5.91 Å². The first-order valence-corrected chi connectivity index (χ1v) is 6.50. The SMILES string of the molecule is O=C(C=Cc1ccc(Cl)cc1)Nc1ccc(Cl)cc1F. The van der Waals surface area contributed by atoms with Crippen molar-refractivity contribution in [1.82, 2.24) is 0 Å². The first kappa shape index (κ1) is 14.6. The summed E-state index contributed by atoms with van der Waals surface area (Å²) in [6.07, 6.45) is 2.93. The Kier molecular flexibility index (Phi) is 4.77. The molecule has 0 aromatic heterocycles. The molecule has 102 valence electrons. The normalized spacial score (nSPS) is 10.8. The largest absolute Gasteiger partial charge is 0.320 e. The third-order valence-electron chi connectivity index (χ3n) is 2.49. The Bertz CT molecular complexity index is 653. The van der Waals surface area contributed by atoms with Crippen LogP contribution in [0.25, 0.3) is 6.08 Å². The van der Waals surface area contributed by atoms with Gasteiger partial charge < -0.3 is 5.32 Å². The monoisotopic (exact) mass is 309 g/mol. The van der Waals surface area contributed by atoms with Gasteiger partial charge in [-0.25, -0.2) is 4.39 Å². The van der Waals surface area contributed by atoms with E-state index in [0.717, 1.165) is 11.6 Å². The number of nitrogens with one attached hydrogen (secondary N) is 1. The molecule has 0 saturated heterocycles. The Morgan fingerprint density at radius 1 is 1.05 bits per heavy atom. The molecule has 2 rings (SSSR count). The molecule has 5 heteroatoms. The number of halogens is 3. The maximum Gasteiger partial charge on any atom is 0.248 e. The zero-order valence-corrected chi connectivity index (χ0v) is 11.8. The summed E-state index contributed by atoms with van der Waals surface area (Å²) in [4.78, 5) is 11.7. The van der Waals surface area contributed by atoms with Gasteiger partial charge in [-0.1, -0.05) is 35.3 Å². The second kappa shape index (κ2) is 6.55. The van der Waals surface area contributed by atoms with Crippen LogP contribution in [0.1, 0.15) is 5.56 Å². The molecule has 0 spiro atoms. The summed E-state index contributed by atoms with van der Waals surface area (Å²) in [6, 6.07) is 11.0. The molecule has 1 N–H and O–H groups in total. The molecule has 0 fully saturated rings. The van der Waals surface area contributed by atoms with Gasteiger partial charge in [-0.3, -0.25) is 4.79 Å². The van der Waals surface area contributed by atoms with Crippen molar-refractivity contribution >= 4 is 40.9 Å². The second-order valence-corrected chi connectivity index (χ2v) is 4.87. The summed E-state index contributed by atoms with van der Waals surface area (Å²) in [5.41, 5.74) is 0.904. The van der Waals surface area contributed by atoms with Crippen LogP contribution >= 0.6 is 23.2 Å². The van der Waals surface area contributed by atoms with Gasteiger partial charge in [-0.05, 0) is 42.0 Å². The molecule has 0 atom stereocenters. The predicted octanol–water partition coefficient (Wildman–Crippen LogP) is 4.78. The van der Waals surface area contributed by atoms with Crippen LogP contribution in [0.4, 0.5) is 10.1 Å². The fourth-order valence-electron chi connectivity index (χ4n) is 1.51. The number of carbonyl (C=O) groups excluding carboxylic acids is 1. The molecule has 0 bridgehead atoms. The van der Waals surface area contributed by atoms with Crippen LogP contribution in [0.2, 0.25) is 10.0 Å². The molecule has 0 radical (unpaired) electrons. The minimum Gasteiger partial charge on any atom is -0.320 e. The third-order valence-corrected chi connectivity index (χ3v) is 2.97. The molecular weight excluding hydrogens is 300 g/mol. The van der Waals surface area contributed by atoms with Gasteiger partial charge in [0.15, 0.2) is 0 Å². The lowest BCUT2D eigenvalue weighted by atomic mass is 10.2. The van der Waals surface area contributed by atoms with Gasteiger partial charge in [0.25, 0.3) is 0 Å². The van der Waals surface area contributed by atoms with Crippen molar-refractivity contribution in [2.45, 2.75) is 0 Å². The molecule has 0 saturated carbocycles. The van der Waals surface area contributed by atoms with Crippen LogP contribution in [0, 0.1) is 5.82 Å². The molecule has 20 heavy (non-hydrogen) atoms. The fraction of sp³-hybridized carbons (Fsp3) is 0. The molecule has 0 aliphatic rings. The van der Waals surface area contributed by atoms with Crippen molar-refractivity contribution < 1.29 is 9.18 Å². The maximum atomic E-state index is 13.5. The minimum atomic E-state index is -0.578. The highest BCUT2D eigenvalue weighted by Crippen LogP contribution is 2.19. The van der Waals surface area contributed by atoms with Crippen LogP contribution in [-0.2, 0) is 4.79 Å². The van der Waals surface area contributed by atoms with Gasteiger partial charge in [0.1, 0.15) is 5.82 Å². The number of hydrogen-bond donors (Lipinski definition) is 1. The highest BCUT2D eigenvalue weighted by Gasteiger charge is 2.04. The average molecular weight is 310 g/mol. The third kappa shape index (κ3) is 4.08. The Morgan fingerprint density at radius 3 is 2.35 bits per heavy atom. The van der Waals surface area contributed by atoms with E-state index in [0.29, 0.717) is 5.02 Å². The van der Waals surface area contributed by atoms with Crippen molar-refractivity contribution in [3.05, 3.63) is 70.0 Å². The lowest BCUT2D eigenvalue weighted by molar-refractivity contribution is -0.111. The van der Waals surface area contributed by atoms with Crippen molar-refractivity contribution in [1.29, 1.82) is 0 Å². The first-order valence-electron chi connectivity index (χ1n) is 5.74. The van der Waals surface area contributed by atoms with E-state index in [4.69, 9.17) is 23.2 Å². The van der Waals surface area contributed by atoms with E-state index in [9.17, 15) is 9.18 Å². The Hall–Kier alpha value is -1.84. The van der Waals surface area contributed by atoms with Gasteiger partial charge in [-0.15, -0.1) is 0 Å². The van der Waals surface area contributed by atoms with Crippen molar-refractivity contribution in [3.63, 3.8) is 0 Å². The molecule has 0 heterocycles. The number of amides is 1. The molecule has 2 nitrogen and oxygen atoms in total. The van der Waals surface area contributed by atoms with E-state index in [1.165, 1.54) is 18.2 Å². The Balaban J connectivity index is 2.03. The minimum absolute atomic E-state index is 0.0835. The van der Waals surface area contributed by atoms with E-state index in [1.54, 1.807) is 30.3 Å². The van der Waals surface area contributed by atoms with E-state index < -0.39 is 11.7 Å². The first-order chi connectivity index (χ1) is 9.54. The maximum absolute atomic E-state index is 13.5. The number of hydrogen-bond acceptors (Lipinski definition) is 1. The summed E-state index contributed by atoms with van der Waals surface area (Å²) < 4.78 is 13.5. The van der Waals surface area contributed by atoms with Crippen LogP contribution in [0.3, 0.4) is 0 Å². The van der Waals surface area contributed by atoms with Crippen LogP contribution < -0.4 is 5.32 Å². The van der Waals surface area contributed by atoms with Crippen molar-refractivity contribution in [2.75, 3.05) is 5.32 Å². The quantitative estimate of drug-likeness (QED) is 0.812. The molecule has 1 amide bonds. The highest BCUT2D eigenvalue weighted by atomic mass is 35.5. The summed E-state index contributed by atoms with van der Waals surface area (Å²) in [5.74, 6) is -1.01. The predicted molar refractivity (Wildman–Crippen MR) is 80.5 cm³/mol. The topological polar surface area (TPSA) is 29.1 Å². The number of benzene rings is 2. The van der Waals surface area contributed by atoms with Crippen molar-refractivity contribution in [3.8, 4) is 0 Å². The van der Waals surface area contributed by atoms with Crippen molar-refractivity contribution in [2.24, 2.45) is 0 Å². The fourth-order valence-corrected chi connectivity index (χ4v) is 1.80. The molecule has 2 aromatic rings. The summed E-state index contributed by atoms with van der Waals surface area (Å²) in [6.45, 7) is 0. The summed E-state index contributed by atoms with van der Waals surface area (Å²) in [5, 5.41) is 3.33. The Morgan fingerprint density at radius 2 is 1.70 bits per heavy atom. The van der Waals surface area contributed by atoms with Gasteiger partial charge in [-0.2, -0.15) is 0 Å². The number of rotatable bonds is 3. The van der Waals surface area contributed by atoms with Gasteiger partial charge in [0.2, 0.25) is 5.91 Å². The van der Waals surface area contributed by atoms with E-state index >= 15 is 0 Å². The standard InChI is InChI=1S/C15H10Cl2FNO/c16-11-4-1-10(2-5-11)3-8-15(20)19-14-7-6-12(17)9-13(14)18/h1-9H,(H,19,20). The number of anilines is 1. The molecule has 0 unspecified atom stereocenters. The van der Waals surface area contributed by atoms with E-state index in [-0.39, 0.29) is 10.7 Å². The molecular formula is C15H10Cl2FNO. The lowest BCUT2D eigenvalue weighted by Gasteiger charge is -2.03. The van der Waals surface area contributed by atoms with E-state index in [2.05, 4.69) is 5.32 Å².